The molecule has 1 saturated heterocycles. The molecule has 4 heteroatoms. The molecule has 0 aromatic heterocycles. The zero-order valence-corrected chi connectivity index (χ0v) is 9.96. The van der Waals surface area contributed by atoms with Crippen LogP contribution >= 0.6 is 0 Å². The number of ether oxygens (including phenoxy) is 1. The Hall–Kier alpha value is -1.03. The van der Waals surface area contributed by atoms with E-state index >= 15 is 0 Å². The van der Waals surface area contributed by atoms with E-state index in [1.54, 1.807) is 4.90 Å². The fourth-order valence-corrected chi connectivity index (χ4v) is 1.50. The summed E-state index contributed by atoms with van der Waals surface area (Å²) in [5.41, 5.74) is 0.647. The maximum atomic E-state index is 11.7. The Morgan fingerprint density at radius 3 is 2.67 bits per heavy atom. The molecule has 1 unspecified atom stereocenters. The van der Waals surface area contributed by atoms with E-state index in [9.17, 15) is 4.79 Å². The van der Waals surface area contributed by atoms with E-state index in [1.807, 2.05) is 27.8 Å². The van der Waals surface area contributed by atoms with Gasteiger partial charge in [-0.2, -0.15) is 0 Å². The summed E-state index contributed by atoms with van der Waals surface area (Å²) in [5, 5.41) is 3.04. The molecule has 1 aliphatic rings. The monoisotopic (exact) mass is 212 g/mol. The lowest BCUT2D eigenvalue weighted by Gasteiger charge is -2.43. The van der Waals surface area contributed by atoms with E-state index in [0.29, 0.717) is 6.54 Å². The van der Waals surface area contributed by atoms with Crippen molar-refractivity contribution in [2.45, 2.75) is 32.4 Å². The molecule has 0 aromatic rings. The molecule has 1 heterocycles. The number of nitrogens with zero attached hydrogens (tertiary/aromatic N) is 1. The first-order valence-electron chi connectivity index (χ1n) is 5.17. The minimum atomic E-state index is -0.432. The van der Waals surface area contributed by atoms with Gasteiger partial charge in [0.15, 0.2) is 0 Å². The van der Waals surface area contributed by atoms with Crippen LogP contribution < -0.4 is 5.32 Å². The molecule has 0 aliphatic carbocycles. The second-order valence-corrected chi connectivity index (χ2v) is 4.84. The van der Waals surface area contributed by atoms with Crippen molar-refractivity contribution in [3.8, 4) is 0 Å². The Morgan fingerprint density at radius 1 is 1.67 bits per heavy atom. The smallest absolute Gasteiger partial charge is 0.411 e. The standard InChI is InChI=1S/C11H20N2O2/c1-8-7-13(9(8)6-12-5)10(14)15-11(2,3)4/h9,12H,1,6-7H2,2-5H3. The van der Waals surface area contributed by atoms with Crippen LogP contribution in [0.4, 0.5) is 4.79 Å². The number of carbonyl (C=O) groups is 1. The fourth-order valence-electron chi connectivity index (χ4n) is 1.50. The minimum absolute atomic E-state index is 0.0878. The molecule has 1 N–H and O–H groups in total. The third kappa shape index (κ3) is 2.96. The number of hydrogen-bond donors (Lipinski definition) is 1. The molecule has 1 rings (SSSR count). The summed E-state index contributed by atoms with van der Waals surface area (Å²) < 4.78 is 5.28. The van der Waals surface area contributed by atoms with Crippen molar-refractivity contribution in [3.63, 3.8) is 0 Å². The molecular formula is C11H20N2O2. The first-order chi connectivity index (χ1) is 6.85. The zero-order chi connectivity index (χ0) is 11.6. The van der Waals surface area contributed by atoms with Crippen LogP contribution in [0.1, 0.15) is 20.8 Å². The minimum Gasteiger partial charge on any atom is -0.444 e. The van der Waals surface area contributed by atoms with Crippen molar-refractivity contribution in [2.24, 2.45) is 0 Å². The number of likely N-dealkylation sites (tertiary alicyclic amines) is 1. The van der Waals surface area contributed by atoms with Gasteiger partial charge in [0.25, 0.3) is 0 Å². The highest BCUT2D eigenvalue weighted by Gasteiger charge is 2.37. The normalized spacial score (nSPS) is 21.2. The van der Waals surface area contributed by atoms with Gasteiger partial charge in [-0.25, -0.2) is 4.79 Å². The second-order valence-electron chi connectivity index (χ2n) is 4.84. The lowest BCUT2D eigenvalue weighted by atomic mass is 9.98. The molecular weight excluding hydrogens is 192 g/mol. The average Bonchev–Trinajstić information content (AvgIpc) is 2.07. The summed E-state index contributed by atoms with van der Waals surface area (Å²) in [7, 11) is 1.86. The van der Waals surface area contributed by atoms with Gasteiger partial charge in [0, 0.05) is 13.1 Å². The molecule has 4 nitrogen and oxygen atoms in total. The molecule has 1 fully saturated rings. The average molecular weight is 212 g/mol. The molecule has 0 aromatic carbocycles. The lowest BCUT2D eigenvalue weighted by molar-refractivity contribution is 0.0101. The van der Waals surface area contributed by atoms with Crippen LogP contribution in [-0.4, -0.2) is 42.8 Å². The van der Waals surface area contributed by atoms with Gasteiger partial charge in [-0.1, -0.05) is 6.58 Å². The van der Waals surface area contributed by atoms with E-state index in [0.717, 1.165) is 12.1 Å². The molecule has 1 amide bonds. The van der Waals surface area contributed by atoms with Crippen molar-refractivity contribution in [3.05, 3.63) is 12.2 Å². The van der Waals surface area contributed by atoms with Crippen molar-refractivity contribution in [2.75, 3.05) is 20.1 Å². The van der Waals surface area contributed by atoms with E-state index in [-0.39, 0.29) is 12.1 Å². The number of rotatable bonds is 2. The van der Waals surface area contributed by atoms with Crippen LogP contribution in [0, 0.1) is 0 Å². The van der Waals surface area contributed by atoms with Gasteiger partial charge < -0.3 is 10.1 Å². The van der Waals surface area contributed by atoms with Gasteiger partial charge in [-0.3, -0.25) is 4.90 Å². The van der Waals surface area contributed by atoms with Gasteiger partial charge in [0.1, 0.15) is 5.60 Å². The summed E-state index contributed by atoms with van der Waals surface area (Å²) in [6.07, 6.45) is -0.254. The Morgan fingerprint density at radius 2 is 2.27 bits per heavy atom. The predicted molar refractivity (Wildman–Crippen MR) is 59.8 cm³/mol. The summed E-state index contributed by atoms with van der Waals surface area (Å²) in [4.78, 5) is 13.4. The molecule has 0 bridgehead atoms. The quantitative estimate of drug-likeness (QED) is 0.703. The molecule has 0 radical (unpaired) electrons. The highest BCUT2D eigenvalue weighted by Crippen LogP contribution is 2.24. The topological polar surface area (TPSA) is 41.6 Å². The molecule has 1 atom stereocenters. The van der Waals surface area contributed by atoms with E-state index in [1.165, 1.54) is 0 Å². The summed E-state index contributed by atoms with van der Waals surface area (Å²) in [6.45, 7) is 10.8. The van der Waals surface area contributed by atoms with Crippen LogP contribution in [0.2, 0.25) is 0 Å². The van der Waals surface area contributed by atoms with Gasteiger partial charge in [0.2, 0.25) is 0 Å². The van der Waals surface area contributed by atoms with E-state index in [4.69, 9.17) is 4.74 Å². The highest BCUT2D eigenvalue weighted by molar-refractivity contribution is 5.71. The van der Waals surface area contributed by atoms with Crippen LogP contribution in [0.5, 0.6) is 0 Å². The third-order valence-corrected chi connectivity index (χ3v) is 2.25. The SMILES string of the molecule is C=C1CN(C(=O)OC(C)(C)C)C1CNC. The largest absolute Gasteiger partial charge is 0.444 e. The fraction of sp³-hybridized carbons (Fsp3) is 0.727. The number of carbonyl (C=O) groups excluding carboxylic acids is 1. The van der Waals surface area contributed by atoms with Gasteiger partial charge in [-0.05, 0) is 33.4 Å². The second kappa shape index (κ2) is 4.23. The lowest BCUT2D eigenvalue weighted by Crippen LogP contribution is -2.57. The van der Waals surface area contributed by atoms with Gasteiger partial charge in [-0.15, -0.1) is 0 Å². The highest BCUT2D eigenvalue weighted by atomic mass is 16.6. The van der Waals surface area contributed by atoms with Crippen molar-refractivity contribution in [1.29, 1.82) is 0 Å². The Kier molecular flexibility index (Phi) is 3.39. The first-order valence-corrected chi connectivity index (χ1v) is 5.17. The van der Waals surface area contributed by atoms with Crippen LogP contribution in [0.15, 0.2) is 12.2 Å². The Labute approximate surface area is 91.3 Å². The maximum Gasteiger partial charge on any atom is 0.411 e. The van der Waals surface area contributed by atoms with Crippen LogP contribution in [0.25, 0.3) is 0 Å². The van der Waals surface area contributed by atoms with E-state index in [2.05, 4.69) is 11.9 Å². The predicted octanol–water partition coefficient (Wildman–Crippen LogP) is 1.38. The number of amides is 1. The van der Waals surface area contributed by atoms with Crippen molar-refractivity contribution in [1.82, 2.24) is 10.2 Å². The molecule has 0 saturated carbocycles. The maximum absolute atomic E-state index is 11.7. The third-order valence-electron chi connectivity index (χ3n) is 2.25. The molecule has 0 spiro atoms. The summed E-state index contributed by atoms with van der Waals surface area (Å²) >= 11 is 0. The Bertz CT molecular complexity index is 268. The van der Waals surface area contributed by atoms with Crippen molar-refractivity contribution >= 4 is 6.09 Å². The summed E-state index contributed by atoms with van der Waals surface area (Å²) in [6, 6.07) is 0.0878. The molecule has 1 aliphatic heterocycles. The number of nitrogens with one attached hydrogen (secondary N) is 1. The van der Waals surface area contributed by atoms with Crippen LogP contribution in [0.3, 0.4) is 0 Å². The van der Waals surface area contributed by atoms with E-state index < -0.39 is 5.60 Å². The van der Waals surface area contributed by atoms with Crippen LogP contribution in [-0.2, 0) is 4.74 Å². The van der Waals surface area contributed by atoms with Gasteiger partial charge in [0.05, 0.1) is 6.04 Å². The summed E-state index contributed by atoms with van der Waals surface area (Å²) in [5.74, 6) is 0. The Balaban J connectivity index is 2.51. The number of hydrogen-bond acceptors (Lipinski definition) is 3. The van der Waals surface area contributed by atoms with Crippen molar-refractivity contribution < 1.29 is 9.53 Å². The van der Waals surface area contributed by atoms with Gasteiger partial charge >= 0.3 is 6.09 Å². The molecule has 86 valence electrons. The zero-order valence-electron chi connectivity index (χ0n) is 9.96. The molecule has 15 heavy (non-hydrogen) atoms. The first kappa shape index (κ1) is 12.0. The number of likely N-dealkylation sites (N-methyl/N-ethyl adjacent to an activating group) is 1.